The van der Waals surface area contributed by atoms with Gasteiger partial charge in [0.1, 0.15) is 13.0 Å². The van der Waals surface area contributed by atoms with Crippen LogP contribution in [0.15, 0.2) is 5.51 Å². The molecule has 0 saturated carbocycles. The summed E-state index contributed by atoms with van der Waals surface area (Å²) >= 11 is 1.38. The van der Waals surface area contributed by atoms with Gasteiger partial charge in [-0.2, -0.15) is 0 Å². The van der Waals surface area contributed by atoms with E-state index in [-0.39, 0.29) is 0 Å². The van der Waals surface area contributed by atoms with Gasteiger partial charge in [-0.15, -0.1) is 16.9 Å². The zero-order valence-electron chi connectivity index (χ0n) is 10.9. The SMILES string of the molecule is CC[Si](C#Cc1scnc1NC(=O)O)(CC)CC. The molecule has 0 aliphatic rings. The number of thiazole rings is 1. The van der Waals surface area contributed by atoms with E-state index >= 15 is 0 Å². The number of hydrogen-bond donors (Lipinski definition) is 2. The fraction of sp³-hybridized carbons (Fsp3) is 0.500. The van der Waals surface area contributed by atoms with Crippen LogP contribution in [0.2, 0.25) is 18.1 Å². The van der Waals surface area contributed by atoms with E-state index in [2.05, 4.69) is 42.5 Å². The molecule has 0 atom stereocenters. The minimum atomic E-state index is -1.49. The van der Waals surface area contributed by atoms with Crippen molar-refractivity contribution in [2.75, 3.05) is 5.32 Å². The summed E-state index contributed by atoms with van der Waals surface area (Å²) in [5.74, 6) is 3.49. The maximum Gasteiger partial charge on any atom is 0.410 e. The first-order valence-corrected chi connectivity index (χ1v) is 9.53. The second-order valence-corrected chi connectivity index (χ2v) is 9.84. The maximum atomic E-state index is 10.6. The third-order valence-corrected chi connectivity index (χ3v) is 8.72. The summed E-state index contributed by atoms with van der Waals surface area (Å²) in [6, 6.07) is 3.40. The number of anilines is 1. The number of hydrogen-bond acceptors (Lipinski definition) is 3. The van der Waals surface area contributed by atoms with Crippen LogP contribution in [0, 0.1) is 11.5 Å². The molecule has 0 bridgehead atoms. The van der Waals surface area contributed by atoms with Gasteiger partial charge in [0.05, 0.1) is 5.51 Å². The Kier molecular flexibility index (Phi) is 5.38. The average Bonchev–Trinajstić information content (AvgIpc) is 2.78. The maximum absolute atomic E-state index is 10.6. The minimum Gasteiger partial charge on any atom is -0.465 e. The Hall–Kier alpha value is -1.32. The summed E-state index contributed by atoms with van der Waals surface area (Å²) in [6.07, 6.45) is -1.10. The number of amides is 1. The molecule has 1 rings (SSSR count). The molecular weight excluding hydrogens is 264 g/mol. The molecular formula is C12H18N2O2SSi. The van der Waals surface area contributed by atoms with Crippen LogP contribution in [0.4, 0.5) is 10.6 Å². The van der Waals surface area contributed by atoms with E-state index in [1.165, 1.54) is 11.3 Å². The van der Waals surface area contributed by atoms with E-state index < -0.39 is 14.2 Å². The average molecular weight is 282 g/mol. The van der Waals surface area contributed by atoms with Crippen LogP contribution in [-0.2, 0) is 0 Å². The van der Waals surface area contributed by atoms with Gasteiger partial charge in [0, 0.05) is 0 Å². The smallest absolute Gasteiger partial charge is 0.410 e. The van der Waals surface area contributed by atoms with Gasteiger partial charge in [0.2, 0.25) is 0 Å². The molecule has 0 aliphatic carbocycles. The Bertz CT molecular complexity index is 464. The Morgan fingerprint density at radius 3 is 2.56 bits per heavy atom. The molecule has 1 heterocycles. The Morgan fingerprint density at radius 1 is 1.44 bits per heavy atom. The van der Waals surface area contributed by atoms with Crippen molar-refractivity contribution in [3.8, 4) is 11.5 Å². The van der Waals surface area contributed by atoms with E-state index in [0.717, 1.165) is 18.1 Å². The summed E-state index contributed by atoms with van der Waals surface area (Å²) < 4.78 is 0. The quantitative estimate of drug-likeness (QED) is 0.655. The molecule has 0 unspecified atom stereocenters. The van der Waals surface area contributed by atoms with Gasteiger partial charge in [0.25, 0.3) is 0 Å². The topological polar surface area (TPSA) is 62.2 Å². The Labute approximate surface area is 112 Å². The highest BCUT2D eigenvalue weighted by Crippen LogP contribution is 2.21. The van der Waals surface area contributed by atoms with Crippen LogP contribution in [0.1, 0.15) is 25.6 Å². The number of rotatable bonds is 4. The van der Waals surface area contributed by atoms with E-state index in [4.69, 9.17) is 5.11 Å². The second-order valence-electron chi connectivity index (χ2n) is 4.05. The largest absolute Gasteiger partial charge is 0.465 e. The third-order valence-electron chi connectivity index (χ3n) is 3.26. The first kappa shape index (κ1) is 14.7. The third kappa shape index (κ3) is 3.58. The summed E-state index contributed by atoms with van der Waals surface area (Å²) in [6.45, 7) is 6.57. The van der Waals surface area contributed by atoms with Crippen molar-refractivity contribution < 1.29 is 9.90 Å². The van der Waals surface area contributed by atoms with Crippen LogP contribution in [0.3, 0.4) is 0 Å². The molecule has 0 fully saturated rings. The van der Waals surface area contributed by atoms with Gasteiger partial charge in [-0.25, -0.2) is 9.78 Å². The number of carboxylic acid groups (broad SMARTS) is 1. The highest BCUT2D eigenvalue weighted by Gasteiger charge is 2.24. The molecule has 98 valence electrons. The summed E-state index contributed by atoms with van der Waals surface area (Å²) in [5.41, 5.74) is 5.04. The summed E-state index contributed by atoms with van der Waals surface area (Å²) in [5, 5.41) is 11.0. The van der Waals surface area contributed by atoms with Crippen LogP contribution >= 0.6 is 11.3 Å². The number of aromatic nitrogens is 1. The van der Waals surface area contributed by atoms with Crippen molar-refractivity contribution >= 4 is 31.3 Å². The summed E-state index contributed by atoms with van der Waals surface area (Å²) in [7, 11) is -1.49. The number of carbonyl (C=O) groups is 1. The standard InChI is InChI=1S/C12H18N2O2SSi/c1-4-18(5-2,6-3)8-7-10-11(13-9-17-10)14-12(15)16/h9,14H,4-6H2,1-3H3,(H,15,16). The molecule has 4 nitrogen and oxygen atoms in total. The van der Waals surface area contributed by atoms with E-state index in [1.807, 2.05) is 0 Å². The van der Waals surface area contributed by atoms with Crippen molar-refractivity contribution in [3.05, 3.63) is 10.4 Å². The van der Waals surface area contributed by atoms with Gasteiger partial charge >= 0.3 is 6.09 Å². The molecule has 0 saturated heterocycles. The van der Waals surface area contributed by atoms with Gasteiger partial charge in [-0.05, 0) is 18.1 Å². The molecule has 6 heteroatoms. The Balaban J connectivity index is 2.97. The molecule has 0 radical (unpaired) electrons. The van der Waals surface area contributed by atoms with Crippen LogP contribution in [-0.4, -0.2) is 24.3 Å². The minimum absolute atomic E-state index is 0.353. The van der Waals surface area contributed by atoms with Crippen molar-refractivity contribution in [1.82, 2.24) is 4.98 Å². The first-order chi connectivity index (χ1) is 8.56. The van der Waals surface area contributed by atoms with Crippen LogP contribution in [0.25, 0.3) is 0 Å². The van der Waals surface area contributed by atoms with E-state index in [9.17, 15) is 4.79 Å². The lowest BCUT2D eigenvalue weighted by molar-refractivity contribution is 0.209. The Morgan fingerprint density at radius 2 is 2.06 bits per heavy atom. The van der Waals surface area contributed by atoms with Crippen molar-refractivity contribution in [3.63, 3.8) is 0 Å². The lowest BCUT2D eigenvalue weighted by Crippen LogP contribution is -2.29. The van der Waals surface area contributed by atoms with Gasteiger partial charge in [-0.1, -0.05) is 26.7 Å². The van der Waals surface area contributed by atoms with Crippen molar-refractivity contribution in [2.24, 2.45) is 0 Å². The van der Waals surface area contributed by atoms with Gasteiger partial charge in [0.15, 0.2) is 5.82 Å². The lowest BCUT2D eigenvalue weighted by Gasteiger charge is -2.19. The molecule has 18 heavy (non-hydrogen) atoms. The van der Waals surface area contributed by atoms with Crippen LogP contribution < -0.4 is 5.32 Å². The highest BCUT2D eigenvalue weighted by molar-refractivity contribution is 7.10. The monoisotopic (exact) mass is 282 g/mol. The lowest BCUT2D eigenvalue weighted by atomic mass is 10.5. The fourth-order valence-corrected chi connectivity index (χ4v) is 4.83. The number of nitrogens with one attached hydrogen (secondary N) is 1. The molecule has 1 aromatic heterocycles. The molecule has 1 amide bonds. The second kappa shape index (κ2) is 6.57. The van der Waals surface area contributed by atoms with E-state index in [1.54, 1.807) is 5.51 Å². The molecule has 0 aliphatic heterocycles. The molecule has 0 spiro atoms. The normalized spacial score (nSPS) is 10.6. The predicted molar refractivity (Wildman–Crippen MR) is 77.8 cm³/mol. The van der Waals surface area contributed by atoms with Crippen molar-refractivity contribution in [2.45, 2.75) is 38.9 Å². The molecule has 0 aromatic carbocycles. The van der Waals surface area contributed by atoms with Crippen LogP contribution in [0.5, 0.6) is 0 Å². The zero-order chi connectivity index (χ0) is 13.6. The van der Waals surface area contributed by atoms with E-state index in [0.29, 0.717) is 10.7 Å². The fourth-order valence-electron chi connectivity index (χ4n) is 1.73. The zero-order valence-corrected chi connectivity index (χ0v) is 12.7. The molecule has 1 aromatic rings. The predicted octanol–water partition coefficient (Wildman–Crippen LogP) is 3.63. The number of nitrogens with zero attached hydrogens (tertiary/aromatic N) is 1. The molecule has 2 N–H and O–H groups in total. The van der Waals surface area contributed by atoms with Gasteiger partial charge < -0.3 is 5.11 Å². The van der Waals surface area contributed by atoms with Crippen molar-refractivity contribution in [1.29, 1.82) is 0 Å². The summed E-state index contributed by atoms with van der Waals surface area (Å²) in [4.78, 5) is 15.3. The first-order valence-electron chi connectivity index (χ1n) is 6.03. The van der Waals surface area contributed by atoms with Gasteiger partial charge in [-0.3, -0.25) is 5.32 Å². The highest BCUT2D eigenvalue weighted by atomic mass is 32.1.